The zero-order chi connectivity index (χ0) is 29.3. The lowest BCUT2D eigenvalue weighted by molar-refractivity contribution is -0.683. The summed E-state index contributed by atoms with van der Waals surface area (Å²) in [6.45, 7) is 5.51. The molecule has 0 spiro atoms. The van der Waals surface area contributed by atoms with Crippen LogP contribution in [0, 0.1) is 6.92 Å². The van der Waals surface area contributed by atoms with Crippen LogP contribution in [0.1, 0.15) is 94.4 Å². The molecule has 2 aromatic carbocycles. The van der Waals surface area contributed by atoms with Crippen LogP contribution in [0.3, 0.4) is 0 Å². The van der Waals surface area contributed by atoms with Crippen LogP contribution in [0.5, 0.6) is 23.0 Å². The zero-order valence-corrected chi connectivity index (χ0v) is 26.6. The third kappa shape index (κ3) is 12.9. The summed E-state index contributed by atoms with van der Waals surface area (Å²) in [5.41, 5.74) is 2.93. The molecular weight excluding hydrogens is 557 g/mol. The monoisotopic (exact) mass is 603 g/mol. The second-order valence-electron chi connectivity index (χ2n) is 10.5. The third-order valence-corrected chi connectivity index (χ3v) is 8.52. The fraction of sp³-hybridized carbons (Fsp3) is 0.531. The maximum absolute atomic E-state index is 12.7. The van der Waals surface area contributed by atoms with Crippen LogP contribution in [0.15, 0.2) is 54.2 Å². The summed E-state index contributed by atoms with van der Waals surface area (Å²) < 4.78 is 36.5. The Balaban J connectivity index is 1.38. The lowest BCUT2D eigenvalue weighted by Crippen LogP contribution is -2.30. The maximum Gasteiger partial charge on any atom is 0.372 e. The highest BCUT2D eigenvalue weighted by Crippen LogP contribution is 2.44. The van der Waals surface area contributed by atoms with Crippen molar-refractivity contribution >= 4 is 19.2 Å². The maximum atomic E-state index is 12.7. The molecule has 1 atom stereocenters. The summed E-state index contributed by atoms with van der Waals surface area (Å²) in [5, 5.41) is 0. The number of aryl methyl sites for hydroxylation is 1. The number of thiazole rings is 1. The minimum absolute atomic E-state index is 0.0454. The van der Waals surface area contributed by atoms with Gasteiger partial charge in [0.05, 0.1) is 18.6 Å². The van der Waals surface area contributed by atoms with Crippen LogP contribution in [-0.4, -0.2) is 13.7 Å². The topological polar surface area (TPSA) is 80.9 Å². The first kappa shape index (κ1) is 33.0. The van der Waals surface area contributed by atoms with E-state index in [0.717, 1.165) is 18.4 Å². The second kappa shape index (κ2) is 18.1. The van der Waals surface area contributed by atoms with Gasteiger partial charge in [-0.1, -0.05) is 101 Å². The van der Waals surface area contributed by atoms with Crippen molar-refractivity contribution in [2.24, 2.45) is 0 Å². The molecule has 9 heteroatoms. The van der Waals surface area contributed by atoms with Crippen LogP contribution >= 0.6 is 19.2 Å². The summed E-state index contributed by atoms with van der Waals surface area (Å²) in [4.78, 5) is 13.9. The molecule has 0 amide bonds. The molecular formula is C32H46NO6PS. The van der Waals surface area contributed by atoms with E-state index >= 15 is 0 Å². The highest BCUT2D eigenvalue weighted by atomic mass is 32.1. The van der Waals surface area contributed by atoms with Crippen molar-refractivity contribution < 1.29 is 32.5 Å². The normalized spacial score (nSPS) is 12.6. The molecule has 0 N–H and O–H groups in total. The number of methoxy groups -OCH3 is 1. The Labute approximate surface area is 250 Å². The second-order valence-corrected chi connectivity index (χ2v) is 12.8. The minimum Gasteiger partial charge on any atom is -0.736 e. The summed E-state index contributed by atoms with van der Waals surface area (Å²) in [6.07, 6.45) is 17.5. The number of phosphoric ester groups is 1. The average molecular weight is 604 g/mol. The van der Waals surface area contributed by atoms with Gasteiger partial charge in [0.2, 0.25) is 5.51 Å². The number of ether oxygens (including phenoxy) is 2. The fourth-order valence-electron chi connectivity index (χ4n) is 4.65. The number of aromatic nitrogens is 1. The summed E-state index contributed by atoms with van der Waals surface area (Å²) in [6, 6.07) is 11.8. The zero-order valence-electron chi connectivity index (χ0n) is 24.8. The third-order valence-electron chi connectivity index (χ3n) is 6.81. The van der Waals surface area contributed by atoms with Gasteiger partial charge in [-0.2, -0.15) is 4.57 Å². The van der Waals surface area contributed by atoms with Gasteiger partial charge in [0.25, 0.3) is 0 Å². The van der Waals surface area contributed by atoms with Crippen LogP contribution in [0.4, 0.5) is 0 Å². The number of benzene rings is 2. The Morgan fingerprint density at radius 3 is 2.15 bits per heavy atom. The van der Waals surface area contributed by atoms with Crippen molar-refractivity contribution in [2.75, 3.05) is 13.7 Å². The lowest BCUT2D eigenvalue weighted by atomic mass is 10.1. The molecule has 7 nitrogen and oxygen atoms in total. The van der Waals surface area contributed by atoms with Crippen molar-refractivity contribution in [1.82, 2.24) is 0 Å². The first-order chi connectivity index (χ1) is 19.9. The fourth-order valence-corrected chi connectivity index (χ4v) is 6.09. The molecule has 0 radical (unpaired) electrons. The number of nitrogens with zero attached hydrogens (tertiary/aromatic N) is 1. The van der Waals surface area contributed by atoms with Gasteiger partial charge in [0.15, 0.2) is 24.2 Å². The molecule has 41 heavy (non-hydrogen) atoms. The molecule has 3 aromatic rings. The molecule has 0 bridgehead atoms. The number of rotatable bonds is 21. The Kier molecular flexibility index (Phi) is 14.5. The molecule has 1 heterocycles. The van der Waals surface area contributed by atoms with E-state index < -0.39 is 7.82 Å². The highest BCUT2D eigenvalue weighted by molar-refractivity contribution is 7.46. The van der Waals surface area contributed by atoms with Crippen molar-refractivity contribution in [2.45, 2.75) is 97.4 Å². The van der Waals surface area contributed by atoms with E-state index in [1.165, 1.54) is 82.3 Å². The van der Waals surface area contributed by atoms with Crippen LogP contribution in [0.2, 0.25) is 0 Å². The van der Waals surface area contributed by atoms with Gasteiger partial charge in [0.1, 0.15) is 11.5 Å². The van der Waals surface area contributed by atoms with Crippen LogP contribution < -0.4 is 28.0 Å². The molecule has 0 aliphatic rings. The first-order valence-corrected chi connectivity index (χ1v) is 17.3. The van der Waals surface area contributed by atoms with Crippen molar-refractivity contribution in [1.29, 1.82) is 0 Å². The molecule has 0 saturated heterocycles. The van der Waals surface area contributed by atoms with Gasteiger partial charge in [0, 0.05) is 11.6 Å². The predicted octanol–water partition coefficient (Wildman–Crippen LogP) is 8.41. The van der Waals surface area contributed by atoms with Gasteiger partial charge in [-0.3, -0.25) is 0 Å². The SMILES string of the molecule is CCCCCCCCCCCCCCOc1ccc(OP(=O)([O-])Oc2cccc(C[n+]3csc(C)c3)c2)c(OC)c1. The Morgan fingerprint density at radius 2 is 1.51 bits per heavy atom. The van der Waals surface area contributed by atoms with Gasteiger partial charge >= 0.3 is 7.82 Å². The number of hydrogen-bond acceptors (Lipinski definition) is 7. The molecule has 0 fully saturated rings. The predicted molar refractivity (Wildman–Crippen MR) is 163 cm³/mol. The Hall–Kier alpha value is -2.54. The van der Waals surface area contributed by atoms with E-state index in [2.05, 4.69) is 6.92 Å². The van der Waals surface area contributed by atoms with Gasteiger partial charge in [-0.15, -0.1) is 0 Å². The number of unbranched alkanes of at least 4 members (excludes halogenated alkanes) is 11. The largest absolute Gasteiger partial charge is 0.736 e. The van der Waals surface area contributed by atoms with E-state index in [1.807, 2.05) is 29.3 Å². The molecule has 226 valence electrons. The van der Waals surface area contributed by atoms with Crippen molar-refractivity contribution in [3.8, 4) is 23.0 Å². The molecule has 1 aromatic heterocycles. The standard InChI is InChI=1S/C32H46NO6PS/c1-4-5-6-7-8-9-10-11-12-13-14-15-21-37-29-19-20-31(32(23-29)36-3)39-40(34,35)38-30-18-16-17-28(22-30)25-33-24-27(2)41-26-33/h16-20,22-24,26H,4-15,21,25H2,1-3H3. The molecule has 0 aliphatic carbocycles. The lowest BCUT2D eigenvalue weighted by Gasteiger charge is -2.25. The molecule has 3 rings (SSSR count). The van der Waals surface area contributed by atoms with E-state index in [4.69, 9.17) is 18.5 Å². The summed E-state index contributed by atoms with van der Waals surface area (Å²) in [5.74, 6) is 1.10. The summed E-state index contributed by atoms with van der Waals surface area (Å²) in [7, 11) is -3.26. The van der Waals surface area contributed by atoms with E-state index in [-0.39, 0.29) is 17.2 Å². The van der Waals surface area contributed by atoms with Crippen molar-refractivity contribution in [3.63, 3.8) is 0 Å². The van der Waals surface area contributed by atoms with Crippen LogP contribution in [-0.2, 0) is 11.1 Å². The van der Waals surface area contributed by atoms with Crippen LogP contribution in [0.25, 0.3) is 0 Å². The first-order valence-electron chi connectivity index (χ1n) is 14.9. The molecule has 0 aliphatic heterocycles. The Bertz CT molecular complexity index is 1220. The van der Waals surface area contributed by atoms with E-state index in [9.17, 15) is 9.46 Å². The average Bonchev–Trinajstić information content (AvgIpc) is 3.35. The van der Waals surface area contributed by atoms with Gasteiger partial charge in [-0.05, 0) is 37.6 Å². The van der Waals surface area contributed by atoms with E-state index in [1.54, 1.807) is 41.7 Å². The van der Waals surface area contributed by atoms with E-state index in [0.29, 0.717) is 18.9 Å². The quantitative estimate of drug-likeness (QED) is 0.0691. The number of hydrogen-bond donors (Lipinski definition) is 0. The van der Waals surface area contributed by atoms with Crippen molar-refractivity contribution in [3.05, 3.63) is 64.6 Å². The molecule has 0 saturated carbocycles. The summed E-state index contributed by atoms with van der Waals surface area (Å²) >= 11 is 1.65. The number of phosphoric acid groups is 1. The van der Waals surface area contributed by atoms with Gasteiger partial charge in [-0.25, -0.2) is 4.57 Å². The molecule has 1 unspecified atom stereocenters. The minimum atomic E-state index is -4.72. The Morgan fingerprint density at radius 1 is 0.829 bits per heavy atom. The highest BCUT2D eigenvalue weighted by Gasteiger charge is 2.18. The van der Waals surface area contributed by atoms with Gasteiger partial charge < -0.3 is 23.4 Å². The smallest absolute Gasteiger partial charge is 0.372 e.